The Labute approximate surface area is 77.4 Å². The van der Waals surface area contributed by atoms with Crippen LogP contribution >= 0.6 is 0 Å². The molecule has 0 radical (unpaired) electrons. The maximum atomic E-state index is 5.52. The van der Waals surface area contributed by atoms with Crippen molar-refractivity contribution in [3.8, 4) is 5.75 Å². The quantitative estimate of drug-likeness (QED) is 0.701. The molecule has 0 saturated heterocycles. The van der Waals surface area contributed by atoms with Crippen LogP contribution in [0.1, 0.15) is 24.2 Å². The van der Waals surface area contributed by atoms with Gasteiger partial charge in [-0.2, -0.15) is 0 Å². The summed E-state index contributed by atoms with van der Waals surface area (Å²) in [5.74, 6) is 6.10. The first-order valence-corrected chi connectivity index (χ1v) is 4.43. The monoisotopic (exact) mass is 179 g/mol. The predicted molar refractivity (Wildman–Crippen MR) is 49.3 cm³/mol. The van der Waals surface area contributed by atoms with Crippen LogP contribution in [0, 0.1) is 0 Å². The van der Waals surface area contributed by atoms with Gasteiger partial charge in [0.1, 0.15) is 11.9 Å². The summed E-state index contributed by atoms with van der Waals surface area (Å²) in [5, 5.41) is 0. The van der Waals surface area contributed by atoms with E-state index in [1.807, 2.05) is 19.1 Å². The van der Waals surface area contributed by atoms with E-state index in [0.717, 1.165) is 24.3 Å². The van der Waals surface area contributed by atoms with Gasteiger partial charge in [0.25, 0.3) is 0 Å². The zero-order valence-corrected chi connectivity index (χ0v) is 7.62. The normalized spacial score (nSPS) is 16.5. The van der Waals surface area contributed by atoms with Crippen LogP contribution in [0.2, 0.25) is 0 Å². The highest BCUT2D eigenvalue weighted by Crippen LogP contribution is 2.33. The fourth-order valence-corrected chi connectivity index (χ4v) is 1.63. The largest absolute Gasteiger partial charge is 0.493 e. The third-order valence-electron chi connectivity index (χ3n) is 2.39. The van der Waals surface area contributed by atoms with Gasteiger partial charge in [-0.25, -0.2) is 5.90 Å². The summed E-state index contributed by atoms with van der Waals surface area (Å²) in [6, 6.07) is 6.08. The molecule has 0 amide bonds. The van der Waals surface area contributed by atoms with Crippen LogP contribution in [0.5, 0.6) is 5.75 Å². The standard InChI is InChI=1S/C10H13NO2/c1-7(13-11)9-4-2-3-8-5-6-12-10(8)9/h2-4,7H,5-6,11H2,1H3. The minimum absolute atomic E-state index is 0.104. The molecule has 0 aliphatic carbocycles. The van der Waals surface area contributed by atoms with Gasteiger partial charge in [0.2, 0.25) is 0 Å². The van der Waals surface area contributed by atoms with Crippen LogP contribution in [-0.4, -0.2) is 6.61 Å². The van der Waals surface area contributed by atoms with Crippen molar-refractivity contribution >= 4 is 0 Å². The van der Waals surface area contributed by atoms with Gasteiger partial charge in [-0.3, -0.25) is 4.84 Å². The number of benzene rings is 1. The highest BCUT2D eigenvalue weighted by molar-refractivity contribution is 5.44. The van der Waals surface area contributed by atoms with Crippen molar-refractivity contribution in [3.63, 3.8) is 0 Å². The molecule has 13 heavy (non-hydrogen) atoms. The molecule has 1 unspecified atom stereocenters. The molecule has 0 bridgehead atoms. The number of hydrogen-bond donors (Lipinski definition) is 1. The van der Waals surface area contributed by atoms with E-state index in [9.17, 15) is 0 Å². The van der Waals surface area contributed by atoms with Crippen LogP contribution in [0.4, 0.5) is 0 Å². The highest BCUT2D eigenvalue weighted by Gasteiger charge is 2.19. The number of para-hydroxylation sites is 1. The second kappa shape index (κ2) is 3.36. The average molecular weight is 179 g/mol. The summed E-state index contributed by atoms with van der Waals surface area (Å²) >= 11 is 0. The topological polar surface area (TPSA) is 44.5 Å². The van der Waals surface area contributed by atoms with Gasteiger partial charge < -0.3 is 4.74 Å². The van der Waals surface area contributed by atoms with Crippen LogP contribution in [-0.2, 0) is 11.3 Å². The first kappa shape index (κ1) is 8.53. The summed E-state index contributed by atoms with van der Waals surface area (Å²) in [4.78, 5) is 4.78. The third kappa shape index (κ3) is 1.41. The van der Waals surface area contributed by atoms with E-state index in [4.69, 9.17) is 15.5 Å². The summed E-state index contributed by atoms with van der Waals surface area (Å²) in [6.45, 7) is 2.68. The summed E-state index contributed by atoms with van der Waals surface area (Å²) in [5.41, 5.74) is 2.29. The van der Waals surface area contributed by atoms with E-state index in [0.29, 0.717) is 0 Å². The van der Waals surface area contributed by atoms with Crippen molar-refractivity contribution < 1.29 is 9.57 Å². The van der Waals surface area contributed by atoms with Crippen LogP contribution in [0.15, 0.2) is 18.2 Å². The molecule has 1 aromatic rings. The maximum absolute atomic E-state index is 5.52. The minimum atomic E-state index is -0.104. The SMILES string of the molecule is CC(ON)c1cccc2c1OCC2. The molecular weight excluding hydrogens is 166 g/mol. The lowest BCUT2D eigenvalue weighted by Gasteiger charge is -2.12. The van der Waals surface area contributed by atoms with Gasteiger partial charge in [0, 0.05) is 12.0 Å². The minimum Gasteiger partial charge on any atom is -0.493 e. The smallest absolute Gasteiger partial charge is 0.128 e. The van der Waals surface area contributed by atoms with E-state index >= 15 is 0 Å². The number of fused-ring (bicyclic) bond motifs is 1. The van der Waals surface area contributed by atoms with E-state index < -0.39 is 0 Å². The lowest BCUT2D eigenvalue weighted by Crippen LogP contribution is -2.06. The van der Waals surface area contributed by atoms with Crippen LogP contribution in [0.3, 0.4) is 0 Å². The van der Waals surface area contributed by atoms with Gasteiger partial charge in [0.05, 0.1) is 6.61 Å². The molecule has 1 aromatic carbocycles. The summed E-state index contributed by atoms with van der Waals surface area (Å²) < 4.78 is 5.52. The zero-order chi connectivity index (χ0) is 9.26. The first-order chi connectivity index (χ1) is 6.33. The average Bonchev–Trinajstić information content (AvgIpc) is 2.63. The highest BCUT2D eigenvalue weighted by atomic mass is 16.6. The Balaban J connectivity index is 2.41. The molecule has 3 nitrogen and oxygen atoms in total. The van der Waals surface area contributed by atoms with E-state index in [1.54, 1.807) is 0 Å². The second-order valence-corrected chi connectivity index (χ2v) is 3.21. The molecule has 2 N–H and O–H groups in total. The van der Waals surface area contributed by atoms with E-state index in [2.05, 4.69) is 6.07 Å². The molecule has 0 fully saturated rings. The van der Waals surface area contributed by atoms with Gasteiger partial charge in [-0.15, -0.1) is 0 Å². The van der Waals surface area contributed by atoms with E-state index in [1.165, 1.54) is 5.56 Å². The van der Waals surface area contributed by atoms with Crippen molar-refractivity contribution in [1.82, 2.24) is 0 Å². The number of hydrogen-bond acceptors (Lipinski definition) is 3. The molecular formula is C10H13NO2. The zero-order valence-electron chi connectivity index (χ0n) is 7.62. The Hall–Kier alpha value is -1.06. The molecule has 0 spiro atoms. The van der Waals surface area contributed by atoms with Crippen molar-refractivity contribution in [1.29, 1.82) is 0 Å². The number of ether oxygens (including phenoxy) is 1. The second-order valence-electron chi connectivity index (χ2n) is 3.21. The Kier molecular flexibility index (Phi) is 2.20. The fraction of sp³-hybridized carbons (Fsp3) is 0.400. The lowest BCUT2D eigenvalue weighted by atomic mass is 10.0. The Bertz CT molecular complexity index is 312. The fourth-order valence-electron chi connectivity index (χ4n) is 1.63. The Morgan fingerprint density at radius 2 is 2.38 bits per heavy atom. The van der Waals surface area contributed by atoms with Crippen molar-refractivity contribution in [3.05, 3.63) is 29.3 Å². The molecule has 1 aliphatic rings. The number of nitrogens with two attached hydrogens (primary N) is 1. The molecule has 0 saturated carbocycles. The van der Waals surface area contributed by atoms with Gasteiger partial charge in [-0.05, 0) is 12.5 Å². The van der Waals surface area contributed by atoms with Gasteiger partial charge in [-0.1, -0.05) is 18.2 Å². The molecule has 0 aromatic heterocycles. The maximum Gasteiger partial charge on any atom is 0.128 e. The van der Waals surface area contributed by atoms with E-state index in [-0.39, 0.29) is 6.10 Å². The molecule has 1 aliphatic heterocycles. The first-order valence-electron chi connectivity index (χ1n) is 4.43. The van der Waals surface area contributed by atoms with Crippen LogP contribution < -0.4 is 10.6 Å². The molecule has 2 rings (SSSR count). The van der Waals surface area contributed by atoms with Crippen LogP contribution in [0.25, 0.3) is 0 Å². The van der Waals surface area contributed by atoms with Gasteiger partial charge in [0.15, 0.2) is 0 Å². The molecule has 3 heteroatoms. The number of rotatable bonds is 2. The molecule has 70 valence electrons. The molecule has 1 atom stereocenters. The lowest BCUT2D eigenvalue weighted by molar-refractivity contribution is 0.0645. The van der Waals surface area contributed by atoms with Crippen molar-refractivity contribution in [2.75, 3.05) is 6.61 Å². The predicted octanol–water partition coefficient (Wildman–Crippen LogP) is 1.57. The Morgan fingerprint density at radius 1 is 1.54 bits per heavy atom. The summed E-state index contributed by atoms with van der Waals surface area (Å²) in [6.07, 6.45) is 0.883. The van der Waals surface area contributed by atoms with Crippen molar-refractivity contribution in [2.45, 2.75) is 19.4 Å². The third-order valence-corrected chi connectivity index (χ3v) is 2.39. The van der Waals surface area contributed by atoms with Crippen molar-refractivity contribution in [2.24, 2.45) is 5.90 Å². The summed E-state index contributed by atoms with van der Waals surface area (Å²) in [7, 11) is 0. The Morgan fingerprint density at radius 3 is 3.15 bits per heavy atom. The van der Waals surface area contributed by atoms with Gasteiger partial charge >= 0.3 is 0 Å². The molecule has 1 heterocycles.